The number of carbonyl (C=O) groups is 1. The first kappa shape index (κ1) is 23.9. The zero-order valence-corrected chi connectivity index (χ0v) is 19.7. The number of aryl methyl sites for hydroxylation is 1. The smallest absolute Gasteiger partial charge is 0.410 e. The van der Waals surface area contributed by atoms with E-state index in [2.05, 4.69) is 6.07 Å². The number of hydrogen-bond donors (Lipinski definition) is 0. The van der Waals surface area contributed by atoms with E-state index in [9.17, 15) is 4.79 Å². The van der Waals surface area contributed by atoms with Crippen LogP contribution in [0.1, 0.15) is 43.0 Å². The zero-order valence-electron chi connectivity index (χ0n) is 19.7. The van der Waals surface area contributed by atoms with E-state index in [1.807, 2.05) is 88.4 Å². The van der Waals surface area contributed by atoms with Crippen LogP contribution in [-0.4, -0.2) is 23.1 Å². The Balaban J connectivity index is 1.64. The number of nitrogens with zero attached hydrogens (tertiary/aromatic N) is 2. The molecule has 0 fully saturated rings. The quantitative estimate of drug-likeness (QED) is 0.411. The minimum atomic E-state index is -0.547. The molecule has 0 aliphatic carbocycles. The number of amides is 1. The molecule has 5 heteroatoms. The van der Waals surface area contributed by atoms with Gasteiger partial charge in [0.25, 0.3) is 0 Å². The van der Waals surface area contributed by atoms with Crippen LogP contribution in [0.4, 0.5) is 4.79 Å². The summed E-state index contributed by atoms with van der Waals surface area (Å²) in [5.41, 5.74) is 3.13. The Hall–Kier alpha value is -3.78. The molecule has 3 rings (SSSR count). The standard InChI is InChI=1S/C28H30N2O3/c1-21-18-26(15-12-24(21)19-29)32-25-13-10-22(11-14-25)16-17-30(27(31)33-28(2,3)4)20-23-8-6-5-7-9-23/h5-15,18H,16-17,20H2,1-4H3. The molecule has 0 aromatic heterocycles. The van der Waals surface area contributed by atoms with Gasteiger partial charge in [0.15, 0.2) is 0 Å². The number of hydrogen-bond acceptors (Lipinski definition) is 4. The maximum atomic E-state index is 12.8. The van der Waals surface area contributed by atoms with Gasteiger partial charge in [0.2, 0.25) is 0 Å². The second-order valence-electron chi connectivity index (χ2n) is 8.97. The number of rotatable bonds is 7. The van der Waals surface area contributed by atoms with Crippen molar-refractivity contribution >= 4 is 6.09 Å². The number of carbonyl (C=O) groups excluding carboxylic acids is 1. The predicted molar refractivity (Wildman–Crippen MR) is 129 cm³/mol. The van der Waals surface area contributed by atoms with Gasteiger partial charge in [0.1, 0.15) is 17.1 Å². The summed E-state index contributed by atoms with van der Waals surface area (Å²) in [4.78, 5) is 14.5. The Bertz CT molecular complexity index is 1110. The normalized spacial score (nSPS) is 10.9. The van der Waals surface area contributed by atoms with Crippen LogP contribution < -0.4 is 4.74 Å². The summed E-state index contributed by atoms with van der Waals surface area (Å²) < 4.78 is 11.5. The molecule has 0 N–H and O–H groups in total. The van der Waals surface area contributed by atoms with Gasteiger partial charge in [0.05, 0.1) is 11.6 Å². The molecule has 3 aromatic carbocycles. The Kier molecular flexibility index (Phi) is 7.74. The largest absolute Gasteiger partial charge is 0.457 e. The van der Waals surface area contributed by atoms with Gasteiger partial charge in [-0.15, -0.1) is 0 Å². The fraction of sp³-hybridized carbons (Fsp3) is 0.286. The molecule has 0 spiro atoms. The Labute approximate surface area is 196 Å². The molecule has 5 nitrogen and oxygen atoms in total. The molecule has 170 valence electrons. The highest BCUT2D eigenvalue weighted by Gasteiger charge is 2.22. The minimum absolute atomic E-state index is 0.317. The molecular weight excluding hydrogens is 412 g/mol. The van der Waals surface area contributed by atoms with Crippen molar-refractivity contribution < 1.29 is 14.3 Å². The van der Waals surface area contributed by atoms with Gasteiger partial charge in [-0.2, -0.15) is 5.26 Å². The van der Waals surface area contributed by atoms with E-state index in [1.54, 1.807) is 17.0 Å². The molecule has 0 atom stereocenters. The van der Waals surface area contributed by atoms with Crippen molar-refractivity contribution in [3.8, 4) is 17.6 Å². The van der Waals surface area contributed by atoms with Crippen LogP contribution in [0.3, 0.4) is 0 Å². The molecule has 0 unspecified atom stereocenters. The molecule has 0 saturated heterocycles. The van der Waals surface area contributed by atoms with Crippen molar-refractivity contribution in [3.05, 3.63) is 95.1 Å². The average molecular weight is 443 g/mol. The van der Waals surface area contributed by atoms with Gasteiger partial charge in [-0.1, -0.05) is 42.5 Å². The van der Waals surface area contributed by atoms with E-state index in [4.69, 9.17) is 14.7 Å². The van der Waals surface area contributed by atoms with Gasteiger partial charge in [-0.25, -0.2) is 4.79 Å². The maximum Gasteiger partial charge on any atom is 0.410 e. The van der Waals surface area contributed by atoms with Crippen molar-refractivity contribution in [2.45, 2.75) is 46.3 Å². The topological polar surface area (TPSA) is 62.6 Å². The molecular formula is C28H30N2O3. The molecule has 1 amide bonds. The third-order valence-electron chi connectivity index (χ3n) is 5.02. The van der Waals surface area contributed by atoms with Crippen molar-refractivity contribution in [3.63, 3.8) is 0 Å². The first-order chi connectivity index (χ1) is 15.7. The number of benzene rings is 3. The lowest BCUT2D eigenvalue weighted by atomic mass is 10.1. The van der Waals surface area contributed by atoms with E-state index < -0.39 is 5.60 Å². The van der Waals surface area contributed by atoms with Gasteiger partial charge < -0.3 is 14.4 Å². The number of nitriles is 1. The van der Waals surface area contributed by atoms with Crippen molar-refractivity contribution in [2.75, 3.05) is 6.54 Å². The third-order valence-corrected chi connectivity index (χ3v) is 5.02. The van der Waals surface area contributed by atoms with Crippen molar-refractivity contribution in [2.24, 2.45) is 0 Å². The summed E-state index contributed by atoms with van der Waals surface area (Å²) in [5.74, 6) is 1.41. The lowest BCUT2D eigenvalue weighted by Crippen LogP contribution is -2.37. The summed E-state index contributed by atoms with van der Waals surface area (Å²) in [6.07, 6.45) is 0.380. The molecule has 33 heavy (non-hydrogen) atoms. The second-order valence-corrected chi connectivity index (χ2v) is 8.97. The third kappa shape index (κ3) is 7.40. The zero-order chi connectivity index (χ0) is 23.8. The van der Waals surface area contributed by atoms with Gasteiger partial charge in [0, 0.05) is 13.1 Å². The summed E-state index contributed by atoms with van der Waals surface area (Å²) in [6.45, 7) is 8.55. The molecule has 0 saturated carbocycles. The average Bonchev–Trinajstić information content (AvgIpc) is 2.77. The second kappa shape index (κ2) is 10.7. The molecule has 0 heterocycles. The first-order valence-electron chi connectivity index (χ1n) is 11.0. The van der Waals surface area contributed by atoms with Crippen LogP contribution in [0.2, 0.25) is 0 Å². The highest BCUT2D eigenvalue weighted by atomic mass is 16.6. The van der Waals surface area contributed by atoms with Crippen molar-refractivity contribution in [1.29, 1.82) is 5.26 Å². The van der Waals surface area contributed by atoms with Gasteiger partial charge in [-0.3, -0.25) is 0 Å². The van der Waals surface area contributed by atoms with E-state index in [0.29, 0.717) is 30.8 Å². The highest BCUT2D eigenvalue weighted by Crippen LogP contribution is 2.24. The summed E-state index contributed by atoms with van der Waals surface area (Å²) in [7, 11) is 0. The fourth-order valence-corrected chi connectivity index (χ4v) is 3.31. The van der Waals surface area contributed by atoms with E-state index in [-0.39, 0.29) is 6.09 Å². The lowest BCUT2D eigenvalue weighted by molar-refractivity contribution is 0.0236. The van der Waals surface area contributed by atoms with Gasteiger partial charge in [-0.05, 0) is 81.1 Å². The lowest BCUT2D eigenvalue weighted by Gasteiger charge is -2.27. The Morgan fingerprint density at radius 3 is 2.21 bits per heavy atom. The molecule has 0 aliphatic heterocycles. The predicted octanol–water partition coefficient (Wildman–Crippen LogP) is 6.64. The van der Waals surface area contributed by atoms with Crippen LogP contribution in [-0.2, 0) is 17.7 Å². The minimum Gasteiger partial charge on any atom is -0.457 e. The van der Waals surface area contributed by atoms with Crippen LogP contribution in [0, 0.1) is 18.3 Å². The molecule has 0 radical (unpaired) electrons. The summed E-state index contributed by atoms with van der Waals surface area (Å²) >= 11 is 0. The Morgan fingerprint density at radius 2 is 1.61 bits per heavy atom. The molecule has 0 aliphatic rings. The monoisotopic (exact) mass is 442 g/mol. The summed E-state index contributed by atoms with van der Waals surface area (Å²) in [5, 5.41) is 9.07. The first-order valence-corrected chi connectivity index (χ1v) is 11.0. The van der Waals surface area contributed by atoms with Crippen LogP contribution in [0.25, 0.3) is 0 Å². The van der Waals surface area contributed by atoms with E-state index in [1.165, 1.54) is 0 Å². The van der Waals surface area contributed by atoms with E-state index >= 15 is 0 Å². The number of ether oxygens (including phenoxy) is 2. The van der Waals surface area contributed by atoms with Crippen LogP contribution in [0.5, 0.6) is 11.5 Å². The Morgan fingerprint density at radius 1 is 0.939 bits per heavy atom. The van der Waals surface area contributed by atoms with Gasteiger partial charge >= 0.3 is 6.09 Å². The van der Waals surface area contributed by atoms with Crippen LogP contribution >= 0.6 is 0 Å². The fourth-order valence-electron chi connectivity index (χ4n) is 3.31. The SMILES string of the molecule is Cc1cc(Oc2ccc(CCN(Cc3ccccc3)C(=O)OC(C)(C)C)cc2)ccc1C#N. The molecule has 0 bridgehead atoms. The van der Waals surface area contributed by atoms with Crippen molar-refractivity contribution in [1.82, 2.24) is 4.90 Å². The van der Waals surface area contributed by atoms with E-state index in [0.717, 1.165) is 22.4 Å². The highest BCUT2D eigenvalue weighted by molar-refractivity contribution is 5.68. The summed E-state index contributed by atoms with van der Waals surface area (Å²) in [6, 6.07) is 25.3. The van der Waals surface area contributed by atoms with Crippen LogP contribution in [0.15, 0.2) is 72.8 Å². The molecule has 3 aromatic rings. The maximum absolute atomic E-state index is 12.8.